The number of nitrogens with zero attached hydrogens (tertiary/aromatic N) is 2. The number of aromatic nitrogens is 1. The van der Waals surface area contributed by atoms with Crippen molar-refractivity contribution >= 4 is 11.7 Å². The molecule has 0 bridgehead atoms. The normalized spacial score (nSPS) is 22.2. The van der Waals surface area contributed by atoms with Crippen molar-refractivity contribution in [2.45, 2.75) is 45.4 Å². The van der Waals surface area contributed by atoms with Crippen LogP contribution in [0.15, 0.2) is 36.5 Å². The first kappa shape index (κ1) is 20.5. The number of benzene rings is 1. The topological polar surface area (TPSA) is 72.9 Å². The molecule has 3 heterocycles. The van der Waals surface area contributed by atoms with Crippen molar-refractivity contribution in [2.75, 3.05) is 31.2 Å². The Morgan fingerprint density at radius 3 is 2.53 bits per heavy atom. The van der Waals surface area contributed by atoms with Gasteiger partial charge >= 0.3 is 0 Å². The van der Waals surface area contributed by atoms with Gasteiger partial charge in [-0.2, -0.15) is 0 Å². The van der Waals surface area contributed by atoms with E-state index in [-0.39, 0.29) is 24.2 Å². The molecule has 1 amide bonds. The predicted molar refractivity (Wildman–Crippen MR) is 114 cm³/mol. The molecule has 7 nitrogen and oxygen atoms in total. The summed E-state index contributed by atoms with van der Waals surface area (Å²) in [7, 11) is 0. The first-order chi connectivity index (χ1) is 14.5. The third kappa shape index (κ3) is 4.67. The van der Waals surface area contributed by atoms with Crippen molar-refractivity contribution < 1.29 is 19.0 Å². The summed E-state index contributed by atoms with van der Waals surface area (Å²) in [5.74, 6) is 2.19. The number of morpholine rings is 1. The summed E-state index contributed by atoms with van der Waals surface area (Å²) in [5.41, 5.74) is 1.50. The maximum atomic E-state index is 12.7. The Kier molecular flexibility index (Phi) is 6.08. The van der Waals surface area contributed by atoms with E-state index >= 15 is 0 Å². The number of hydrogen-bond donors (Lipinski definition) is 1. The standard InChI is InChI=1S/C23H29N3O4/c1-15-13-26(14-16(2)30-15)22-8-6-19(12-24-22)23(27)25-17(3)18-5-7-20-21(11-18)29-10-4-9-28-20/h5-8,11-12,15-17H,4,9-10,13-14H2,1-3H3,(H,25,27)/t15-,16-,17+/m1/s1. The summed E-state index contributed by atoms with van der Waals surface area (Å²) in [6, 6.07) is 9.35. The zero-order chi connectivity index (χ0) is 21.1. The van der Waals surface area contributed by atoms with Crippen LogP contribution in [0.2, 0.25) is 0 Å². The Morgan fingerprint density at radius 2 is 1.83 bits per heavy atom. The summed E-state index contributed by atoms with van der Waals surface area (Å²) in [6.45, 7) is 8.96. The van der Waals surface area contributed by atoms with Crippen molar-refractivity contribution in [3.05, 3.63) is 47.7 Å². The van der Waals surface area contributed by atoms with Gasteiger partial charge in [-0.25, -0.2) is 4.98 Å². The van der Waals surface area contributed by atoms with Gasteiger partial charge in [0.2, 0.25) is 0 Å². The molecule has 7 heteroatoms. The second-order valence-electron chi connectivity index (χ2n) is 8.02. The third-order valence-electron chi connectivity index (χ3n) is 5.37. The smallest absolute Gasteiger partial charge is 0.253 e. The van der Waals surface area contributed by atoms with Gasteiger partial charge in [0.1, 0.15) is 5.82 Å². The number of pyridine rings is 1. The van der Waals surface area contributed by atoms with Crippen LogP contribution in [0, 0.1) is 0 Å². The minimum absolute atomic E-state index is 0.155. The Labute approximate surface area is 177 Å². The van der Waals surface area contributed by atoms with Gasteiger partial charge in [0.15, 0.2) is 11.5 Å². The van der Waals surface area contributed by atoms with Crippen LogP contribution in [0.5, 0.6) is 11.5 Å². The molecule has 4 rings (SSSR count). The summed E-state index contributed by atoms with van der Waals surface area (Å²) in [6.07, 6.45) is 2.82. The SMILES string of the molecule is C[C@@H]1CN(c2ccc(C(=O)N[C@@H](C)c3ccc4c(c3)OCCCO4)cn2)C[C@@H](C)O1. The molecule has 160 valence electrons. The monoisotopic (exact) mass is 411 g/mol. The number of fused-ring (bicyclic) bond motifs is 1. The Balaban J connectivity index is 1.40. The average Bonchev–Trinajstić information content (AvgIpc) is 2.98. The highest BCUT2D eigenvalue weighted by molar-refractivity contribution is 5.94. The Bertz CT molecular complexity index is 877. The van der Waals surface area contributed by atoms with Gasteiger partial charge in [-0.05, 0) is 50.6 Å². The van der Waals surface area contributed by atoms with Gasteiger partial charge in [0.25, 0.3) is 5.91 Å². The lowest BCUT2D eigenvalue weighted by atomic mass is 10.1. The van der Waals surface area contributed by atoms with E-state index in [0.29, 0.717) is 18.8 Å². The summed E-state index contributed by atoms with van der Waals surface area (Å²) in [5, 5.41) is 3.04. The van der Waals surface area contributed by atoms with Gasteiger partial charge < -0.3 is 24.4 Å². The lowest BCUT2D eigenvalue weighted by Gasteiger charge is -2.36. The molecular weight excluding hydrogens is 382 g/mol. The second kappa shape index (κ2) is 8.92. The molecule has 2 aromatic rings. The van der Waals surface area contributed by atoms with Gasteiger partial charge in [-0.3, -0.25) is 4.79 Å². The van der Waals surface area contributed by atoms with Crippen LogP contribution in [0.1, 0.15) is 49.2 Å². The fourth-order valence-electron chi connectivity index (χ4n) is 3.88. The Hall–Kier alpha value is -2.80. The molecule has 1 aromatic heterocycles. The molecule has 1 saturated heterocycles. The number of hydrogen-bond acceptors (Lipinski definition) is 6. The van der Waals surface area contributed by atoms with Crippen molar-refractivity contribution in [1.82, 2.24) is 10.3 Å². The van der Waals surface area contributed by atoms with Gasteiger partial charge in [0.05, 0.1) is 37.0 Å². The van der Waals surface area contributed by atoms with Crippen molar-refractivity contribution in [3.63, 3.8) is 0 Å². The maximum Gasteiger partial charge on any atom is 0.253 e. The minimum atomic E-state index is -0.171. The summed E-state index contributed by atoms with van der Waals surface area (Å²) in [4.78, 5) is 19.4. The van der Waals surface area contributed by atoms with Crippen LogP contribution in [0.3, 0.4) is 0 Å². The Morgan fingerprint density at radius 1 is 1.10 bits per heavy atom. The number of amides is 1. The lowest BCUT2D eigenvalue weighted by Crippen LogP contribution is -2.45. The molecule has 0 unspecified atom stereocenters. The molecule has 0 radical (unpaired) electrons. The number of rotatable bonds is 4. The number of carbonyl (C=O) groups is 1. The van der Waals surface area contributed by atoms with E-state index < -0.39 is 0 Å². The third-order valence-corrected chi connectivity index (χ3v) is 5.37. The lowest BCUT2D eigenvalue weighted by molar-refractivity contribution is -0.00546. The minimum Gasteiger partial charge on any atom is -0.490 e. The molecule has 0 spiro atoms. The van der Waals surface area contributed by atoms with Crippen LogP contribution in [0.25, 0.3) is 0 Å². The van der Waals surface area contributed by atoms with Crippen LogP contribution >= 0.6 is 0 Å². The largest absolute Gasteiger partial charge is 0.490 e. The molecular formula is C23H29N3O4. The van der Waals surface area contributed by atoms with Gasteiger partial charge in [0, 0.05) is 25.7 Å². The molecule has 3 atom stereocenters. The molecule has 0 saturated carbocycles. The number of carbonyl (C=O) groups excluding carboxylic acids is 1. The van der Waals surface area contributed by atoms with E-state index in [4.69, 9.17) is 14.2 Å². The van der Waals surface area contributed by atoms with Gasteiger partial charge in [-0.15, -0.1) is 0 Å². The highest BCUT2D eigenvalue weighted by Gasteiger charge is 2.23. The van der Waals surface area contributed by atoms with E-state index in [1.165, 1.54) is 0 Å². The first-order valence-electron chi connectivity index (χ1n) is 10.6. The van der Waals surface area contributed by atoms with E-state index in [1.807, 2.05) is 37.3 Å². The van der Waals surface area contributed by atoms with E-state index in [9.17, 15) is 4.79 Å². The molecule has 1 N–H and O–H groups in total. The quantitative estimate of drug-likeness (QED) is 0.832. The van der Waals surface area contributed by atoms with Crippen LogP contribution in [0.4, 0.5) is 5.82 Å². The highest BCUT2D eigenvalue weighted by atomic mass is 16.5. The molecule has 2 aliphatic heterocycles. The maximum absolute atomic E-state index is 12.7. The van der Waals surface area contributed by atoms with Crippen molar-refractivity contribution in [2.24, 2.45) is 0 Å². The predicted octanol–water partition coefficient (Wildman–Crippen LogP) is 3.35. The summed E-state index contributed by atoms with van der Waals surface area (Å²) < 4.78 is 17.2. The van der Waals surface area contributed by atoms with Gasteiger partial charge in [-0.1, -0.05) is 6.07 Å². The number of ether oxygens (including phenoxy) is 3. The van der Waals surface area contributed by atoms with Crippen LogP contribution in [-0.4, -0.2) is 49.4 Å². The fourth-order valence-corrected chi connectivity index (χ4v) is 3.88. The molecule has 2 aliphatic rings. The van der Waals surface area contributed by atoms with Crippen molar-refractivity contribution in [1.29, 1.82) is 0 Å². The fraction of sp³-hybridized carbons (Fsp3) is 0.478. The second-order valence-corrected chi connectivity index (χ2v) is 8.02. The van der Waals surface area contributed by atoms with Crippen molar-refractivity contribution in [3.8, 4) is 11.5 Å². The molecule has 30 heavy (non-hydrogen) atoms. The number of anilines is 1. The summed E-state index contributed by atoms with van der Waals surface area (Å²) >= 11 is 0. The average molecular weight is 412 g/mol. The first-order valence-corrected chi connectivity index (χ1v) is 10.6. The zero-order valence-electron chi connectivity index (χ0n) is 17.8. The molecule has 1 fully saturated rings. The van der Waals surface area contributed by atoms with E-state index in [0.717, 1.165) is 42.4 Å². The van der Waals surface area contributed by atoms with E-state index in [1.54, 1.807) is 6.20 Å². The van der Waals surface area contributed by atoms with Crippen LogP contribution < -0.4 is 19.7 Å². The van der Waals surface area contributed by atoms with Crippen LogP contribution in [-0.2, 0) is 4.74 Å². The van der Waals surface area contributed by atoms with E-state index in [2.05, 4.69) is 29.0 Å². The molecule has 0 aliphatic carbocycles. The highest BCUT2D eigenvalue weighted by Crippen LogP contribution is 2.32. The molecule has 1 aromatic carbocycles. The number of nitrogens with one attached hydrogen (secondary N) is 1. The zero-order valence-corrected chi connectivity index (χ0v) is 17.8.